The largest absolute Gasteiger partial charge is 0.487 e. The number of nitrogens with zero attached hydrogens (tertiary/aromatic N) is 1. The highest BCUT2D eigenvalue weighted by molar-refractivity contribution is 7.09. The summed E-state index contributed by atoms with van der Waals surface area (Å²) >= 11 is 1.47. The lowest BCUT2D eigenvalue weighted by Gasteiger charge is -2.06. The predicted octanol–water partition coefficient (Wildman–Crippen LogP) is 4.62. The van der Waals surface area contributed by atoms with Crippen LogP contribution in [0.3, 0.4) is 0 Å². The summed E-state index contributed by atoms with van der Waals surface area (Å²) in [5.41, 5.74) is 1.27. The van der Waals surface area contributed by atoms with Gasteiger partial charge in [0, 0.05) is 5.38 Å². The molecule has 0 bridgehead atoms. The molecule has 0 atom stereocenters. The van der Waals surface area contributed by atoms with Crippen molar-refractivity contribution in [3.63, 3.8) is 0 Å². The molecule has 0 aliphatic heterocycles. The molecule has 0 spiro atoms. The van der Waals surface area contributed by atoms with Crippen molar-refractivity contribution in [2.45, 2.75) is 20.1 Å². The van der Waals surface area contributed by atoms with Crippen LogP contribution in [0.4, 0.5) is 4.39 Å². The van der Waals surface area contributed by atoms with Gasteiger partial charge in [0.05, 0.1) is 17.9 Å². The monoisotopic (exact) mass is 387 g/mol. The van der Waals surface area contributed by atoms with Gasteiger partial charge in [-0.1, -0.05) is 0 Å². The van der Waals surface area contributed by atoms with Crippen LogP contribution in [0.15, 0.2) is 53.9 Å². The molecule has 0 aliphatic rings. The summed E-state index contributed by atoms with van der Waals surface area (Å²) in [6.07, 6.45) is 0. The Morgan fingerprint density at radius 2 is 1.63 bits per heavy atom. The van der Waals surface area contributed by atoms with E-state index in [1.54, 1.807) is 43.3 Å². The maximum atomic E-state index is 12.9. The first kappa shape index (κ1) is 18.8. The quantitative estimate of drug-likeness (QED) is 0.528. The Balaban J connectivity index is 1.49. The van der Waals surface area contributed by atoms with Gasteiger partial charge >= 0.3 is 5.97 Å². The SMILES string of the molecule is CCOC(=O)c1ccc(OCc2csc(COc3ccc(F)cc3)n2)cc1. The van der Waals surface area contributed by atoms with Crippen molar-refractivity contribution < 1.29 is 23.4 Å². The average molecular weight is 387 g/mol. The van der Waals surface area contributed by atoms with Crippen molar-refractivity contribution in [3.05, 3.63) is 76.0 Å². The van der Waals surface area contributed by atoms with Crippen LogP contribution in [0.1, 0.15) is 28.0 Å². The van der Waals surface area contributed by atoms with Crippen LogP contribution < -0.4 is 9.47 Å². The third kappa shape index (κ3) is 5.52. The van der Waals surface area contributed by atoms with Crippen LogP contribution >= 0.6 is 11.3 Å². The first-order valence-electron chi connectivity index (χ1n) is 8.35. The summed E-state index contributed by atoms with van der Waals surface area (Å²) < 4.78 is 29.1. The van der Waals surface area contributed by atoms with Crippen LogP contribution in [0.2, 0.25) is 0 Å². The van der Waals surface area contributed by atoms with E-state index >= 15 is 0 Å². The highest BCUT2D eigenvalue weighted by atomic mass is 32.1. The van der Waals surface area contributed by atoms with E-state index in [2.05, 4.69) is 4.98 Å². The van der Waals surface area contributed by atoms with Gasteiger partial charge in [-0.25, -0.2) is 14.2 Å². The molecule has 3 rings (SSSR count). The molecule has 2 aromatic carbocycles. The van der Waals surface area contributed by atoms with Gasteiger partial charge in [-0.05, 0) is 55.5 Å². The third-order valence-electron chi connectivity index (χ3n) is 3.53. The topological polar surface area (TPSA) is 57.7 Å². The summed E-state index contributed by atoms with van der Waals surface area (Å²) in [4.78, 5) is 16.1. The lowest BCUT2D eigenvalue weighted by Crippen LogP contribution is -2.04. The number of aromatic nitrogens is 1. The minimum atomic E-state index is -0.352. The molecular formula is C20H18FNO4S. The van der Waals surface area contributed by atoms with Gasteiger partial charge in [0.15, 0.2) is 0 Å². The van der Waals surface area contributed by atoms with Gasteiger partial charge in [-0.2, -0.15) is 0 Å². The molecule has 0 amide bonds. The van der Waals surface area contributed by atoms with Crippen molar-refractivity contribution in [1.82, 2.24) is 4.98 Å². The van der Waals surface area contributed by atoms with Gasteiger partial charge in [-0.3, -0.25) is 0 Å². The van der Waals surface area contributed by atoms with E-state index in [-0.39, 0.29) is 11.8 Å². The maximum absolute atomic E-state index is 12.9. The number of hydrogen-bond acceptors (Lipinski definition) is 6. The summed E-state index contributed by atoms with van der Waals surface area (Å²) in [5, 5.41) is 2.70. The second-order valence-electron chi connectivity index (χ2n) is 5.51. The van der Waals surface area contributed by atoms with Crippen molar-refractivity contribution in [3.8, 4) is 11.5 Å². The number of hydrogen-bond donors (Lipinski definition) is 0. The molecule has 3 aromatic rings. The summed E-state index contributed by atoms with van der Waals surface area (Å²) in [7, 11) is 0. The zero-order chi connectivity index (χ0) is 19.1. The van der Waals surface area contributed by atoms with Crippen molar-refractivity contribution >= 4 is 17.3 Å². The highest BCUT2D eigenvalue weighted by Crippen LogP contribution is 2.18. The molecule has 0 saturated carbocycles. The first-order valence-corrected chi connectivity index (χ1v) is 9.23. The van der Waals surface area contributed by atoms with Gasteiger partial charge in [-0.15, -0.1) is 11.3 Å². The van der Waals surface area contributed by atoms with Gasteiger partial charge in [0.1, 0.15) is 35.5 Å². The molecule has 0 fully saturated rings. The minimum absolute atomic E-state index is 0.300. The van der Waals surface area contributed by atoms with E-state index in [1.165, 1.54) is 23.5 Å². The molecule has 7 heteroatoms. The fourth-order valence-corrected chi connectivity index (χ4v) is 2.91. The van der Waals surface area contributed by atoms with Crippen molar-refractivity contribution in [2.24, 2.45) is 0 Å². The molecular weight excluding hydrogens is 369 g/mol. The Hall–Kier alpha value is -2.93. The summed E-state index contributed by atoms with van der Waals surface area (Å²) in [6, 6.07) is 12.6. The van der Waals surface area contributed by atoms with Gasteiger partial charge < -0.3 is 14.2 Å². The summed E-state index contributed by atoms with van der Waals surface area (Å²) in [5.74, 6) is 0.576. The molecule has 0 saturated heterocycles. The Labute approximate surface area is 160 Å². The molecule has 1 aromatic heterocycles. The van der Waals surface area contributed by atoms with E-state index in [0.717, 1.165) is 10.7 Å². The van der Waals surface area contributed by atoms with Crippen LogP contribution in [-0.4, -0.2) is 17.6 Å². The number of ether oxygens (including phenoxy) is 3. The summed E-state index contributed by atoms with van der Waals surface area (Å²) in [6.45, 7) is 2.73. The van der Waals surface area contributed by atoms with Gasteiger partial charge in [0.25, 0.3) is 0 Å². The van der Waals surface area contributed by atoms with Crippen molar-refractivity contribution in [1.29, 1.82) is 0 Å². The Kier molecular flexibility index (Phi) is 6.38. The number of halogens is 1. The number of benzene rings is 2. The number of thiazole rings is 1. The van der Waals surface area contributed by atoms with E-state index < -0.39 is 0 Å². The number of rotatable bonds is 8. The molecule has 1 heterocycles. The van der Waals surface area contributed by atoms with E-state index in [1.807, 2.05) is 5.38 Å². The lowest BCUT2D eigenvalue weighted by atomic mass is 10.2. The first-order chi connectivity index (χ1) is 13.1. The number of esters is 1. The third-order valence-corrected chi connectivity index (χ3v) is 4.40. The maximum Gasteiger partial charge on any atom is 0.338 e. The fraction of sp³-hybridized carbons (Fsp3) is 0.200. The highest BCUT2D eigenvalue weighted by Gasteiger charge is 2.07. The second-order valence-corrected chi connectivity index (χ2v) is 6.45. The van der Waals surface area contributed by atoms with E-state index in [9.17, 15) is 9.18 Å². The second kappa shape index (κ2) is 9.14. The van der Waals surface area contributed by atoms with Crippen LogP contribution in [0.5, 0.6) is 11.5 Å². The van der Waals surface area contributed by atoms with Crippen molar-refractivity contribution in [2.75, 3.05) is 6.61 Å². The standard InChI is InChI=1S/C20H18FNO4S/c1-2-24-20(23)14-3-7-17(8-4-14)25-11-16-13-27-19(22-16)12-26-18-9-5-15(21)6-10-18/h3-10,13H,2,11-12H2,1H3. The molecule has 0 unspecified atom stereocenters. The smallest absolute Gasteiger partial charge is 0.338 e. The van der Waals surface area contributed by atoms with Crippen LogP contribution in [0.25, 0.3) is 0 Å². The average Bonchev–Trinajstić information content (AvgIpc) is 3.14. The molecule has 27 heavy (non-hydrogen) atoms. The van der Waals surface area contributed by atoms with Crippen LogP contribution in [-0.2, 0) is 18.0 Å². The molecule has 5 nitrogen and oxygen atoms in total. The number of carbonyl (C=O) groups excluding carboxylic acids is 1. The normalized spacial score (nSPS) is 10.4. The van der Waals surface area contributed by atoms with E-state index in [4.69, 9.17) is 14.2 Å². The molecule has 140 valence electrons. The Morgan fingerprint density at radius 1 is 1.00 bits per heavy atom. The van der Waals surface area contributed by atoms with Crippen LogP contribution in [0, 0.1) is 5.82 Å². The zero-order valence-electron chi connectivity index (χ0n) is 14.7. The lowest BCUT2D eigenvalue weighted by molar-refractivity contribution is 0.0526. The molecule has 0 radical (unpaired) electrons. The number of carbonyl (C=O) groups is 1. The Bertz CT molecular complexity index is 878. The molecule has 0 N–H and O–H groups in total. The fourth-order valence-electron chi connectivity index (χ4n) is 2.22. The molecule has 0 aliphatic carbocycles. The minimum Gasteiger partial charge on any atom is -0.487 e. The van der Waals surface area contributed by atoms with E-state index in [0.29, 0.717) is 36.9 Å². The predicted molar refractivity (Wildman–Crippen MR) is 99.6 cm³/mol. The Morgan fingerprint density at radius 3 is 2.30 bits per heavy atom. The zero-order valence-corrected chi connectivity index (χ0v) is 15.5. The van der Waals surface area contributed by atoms with Gasteiger partial charge in [0.2, 0.25) is 0 Å².